The van der Waals surface area contributed by atoms with Gasteiger partial charge in [-0.05, 0) is 18.1 Å². The average Bonchev–Trinajstić information content (AvgIpc) is 2.73. The van der Waals surface area contributed by atoms with Crippen LogP contribution in [0.3, 0.4) is 0 Å². The van der Waals surface area contributed by atoms with Crippen LogP contribution in [-0.4, -0.2) is 20.1 Å². The number of rotatable bonds is 4. The Bertz CT molecular complexity index is 493. The first kappa shape index (κ1) is 12.3. The van der Waals surface area contributed by atoms with E-state index in [1.165, 1.54) is 11.1 Å². The van der Waals surface area contributed by atoms with E-state index >= 15 is 0 Å². The van der Waals surface area contributed by atoms with Crippen molar-refractivity contribution in [2.24, 2.45) is 7.05 Å². The molecule has 0 bridgehead atoms. The van der Waals surface area contributed by atoms with Crippen LogP contribution < -0.4 is 0 Å². The summed E-state index contributed by atoms with van der Waals surface area (Å²) in [6, 6.07) is 8.51. The largest absolute Gasteiger partial charge is 0.253 e. The fraction of sp³-hybridized carbons (Fsp3) is 0.385. The quantitative estimate of drug-likeness (QED) is 0.812. The lowest BCUT2D eigenvalue weighted by molar-refractivity contribution is 0.649. The number of hydrogen-bond acceptors (Lipinski definition) is 2. The van der Waals surface area contributed by atoms with E-state index in [4.69, 9.17) is 0 Å². The van der Waals surface area contributed by atoms with Crippen LogP contribution in [0.5, 0.6) is 0 Å². The summed E-state index contributed by atoms with van der Waals surface area (Å²) in [6.07, 6.45) is 2.52. The standard InChI is InChI=1S/C13H16BrN3/c1-10-5-3-4-6-12(10)11(8-14)7-13-15-9-16-17(13)2/h3-6,9,11H,7-8H2,1-2H3. The van der Waals surface area contributed by atoms with E-state index in [0.29, 0.717) is 5.92 Å². The van der Waals surface area contributed by atoms with Crippen molar-refractivity contribution in [2.45, 2.75) is 19.3 Å². The molecule has 0 spiro atoms. The summed E-state index contributed by atoms with van der Waals surface area (Å²) in [7, 11) is 1.94. The van der Waals surface area contributed by atoms with E-state index in [-0.39, 0.29) is 0 Å². The molecule has 0 aliphatic rings. The summed E-state index contributed by atoms with van der Waals surface area (Å²) >= 11 is 3.60. The molecule has 0 fully saturated rings. The van der Waals surface area contributed by atoms with Gasteiger partial charge in [0, 0.05) is 24.7 Å². The maximum absolute atomic E-state index is 4.29. The third-order valence-electron chi connectivity index (χ3n) is 3.05. The second kappa shape index (κ2) is 5.45. The van der Waals surface area contributed by atoms with Crippen molar-refractivity contribution in [1.82, 2.24) is 14.8 Å². The summed E-state index contributed by atoms with van der Waals surface area (Å²) < 4.78 is 1.84. The molecule has 1 heterocycles. The Morgan fingerprint density at radius 2 is 2.12 bits per heavy atom. The zero-order valence-electron chi connectivity index (χ0n) is 10.1. The molecule has 0 saturated carbocycles. The van der Waals surface area contributed by atoms with Crippen molar-refractivity contribution < 1.29 is 0 Å². The monoisotopic (exact) mass is 293 g/mol. The van der Waals surface area contributed by atoms with Gasteiger partial charge in [-0.1, -0.05) is 40.2 Å². The van der Waals surface area contributed by atoms with E-state index in [2.05, 4.69) is 57.2 Å². The topological polar surface area (TPSA) is 30.7 Å². The highest BCUT2D eigenvalue weighted by Gasteiger charge is 2.15. The third kappa shape index (κ3) is 2.75. The van der Waals surface area contributed by atoms with Gasteiger partial charge in [0.15, 0.2) is 0 Å². The molecule has 17 heavy (non-hydrogen) atoms. The molecule has 1 aromatic heterocycles. The van der Waals surface area contributed by atoms with E-state index in [1.54, 1.807) is 6.33 Å². The van der Waals surface area contributed by atoms with Crippen LogP contribution in [0.15, 0.2) is 30.6 Å². The number of halogens is 1. The number of aromatic nitrogens is 3. The first-order valence-corrected chi connectivity index (χ1v) is 6.79. The first-order chi connectivity index (χ1) is 8.22. The number of alkyl halides is 1. The molecule has 0 radical (unpaired) electrons. The SMILES string of the molecule is Cc1ccccc1C(CBr)Cc1ncnn1C. The molecule has 0 amide bonds. The van der Waals surface area contributed by atoms with Gasteiger partial charge in [-0.3, -0.25) is 4.68 Å². The molecule has 0 saturated heterocycles. The highest BCUT2D eigenvalue weighted by molar-refractivity contribution is 9.09. The van der Waals surface area contributed by atoms with Crippen LogP contribution in [-0.2, 0) is 13.5 Å². The summed E-state index contributed by atoms with van der Waals surface area (Å²) in [4.78, 5) is 4.29. The summed E-state index contributed by atoms with van der Waals surface area (Å²) in [6.45, 7) is 2.15. The maximum atomic E-state index is 4.29. The molecule has 0 aliphatic carbocycles. The zero-order chi connectivity index (χ0) is 12.3. The Hall–Kier alpha value is -1.16. The van der Waals surface area contributed by atoms with E-state index < -0.39 is 0 Å². The van der Waals surface area contributed by atoms with Crippen LogP contribution in [0.4, 0.5) is 0 Å². The number of nitrogens with zero attached hydrogens (tertiary/aromatic N) is 3. The normalized spacial score (nSPS) is 12.6. The lowest BCUT2D eigenvalue weighted by Crippen LogP contribution is -2.10. The Balaban J connectivity index is 2.23. The minimum Gasteiger partial charge on any atom is -0.253 e. The van der Waals surface area contributed by atoms with Crippen LogP contribution in [0.2, 0.25) is 0 Å². The van der Waals surface area contributed by atoms with E-state index in [0.717, 1.165) is 17.6 Å². The van der Waals surface area contributed by atoms with Gasteiger partial charge in [0.1, 0.15) is 12.2 Å². The molecular formula is C13H16BrN3. The fourth-order valence-corrected chi connectivity index (χ4v) is 2.60. The lowest BCUT2D eigenvalue weighted by atomic mass is 9.93. The molecule has 0 aliphatic heterocycles. The van der Waals surface area contributed by atoms with Gasteiger partial charge in [-0.25, -0.2) is 4.98 Å². The van der Waals surface area contributed by atoms with Crippen molar-refractivity contribution in [2.75, 3.05) is 5.33 Å². The van der Waals surface area contributed by atoms with Gasteiger partial charge >= 0.3 is 0 Å². The van der Waals surface area contributed by atoms with E-state index in [1.807, 2.05) is 11.7 Å². The Labute approximate surface area is 110 Å². The highest BCUT2D eigenvalue weighted by Crippen LogP contribution is 2.24. The fourth-order valence-electron chi connectivity index (χ4n) is 2.02. The minimum absolute atomic E-state index is 0.444. The van der Waals surface area contributed by atoms with Crippen LogP contribution in [0, 0.1) is 6.92 Å². The van der Waals surface area contributed by atoms with Crippen molar-refractivity contribution in [3.05, 3.63) is 47.5 Å². The Kier molecular flexibility index (Phi) is 3.94. The van der Waals surface area contributed by atoms with Crippen molar-refractivity contribution in [3.63, 3.8) is 0 Å². The summed E-state index contributed by atoms with van der Waals surface area (Å²) in [5.41, 5.74) is 2.71. The molecule has 1 atom stereocenters. The van der Waals surface area contributed by atoms with Gasteiger partial charge in [0.05, 0.1) is 0 Å². The minimum atomic E-state index is 0.444. The second-order valence-corrected chi connectivity index (χ2v) is 4.86. The molecule has 2 aromatic rings. The Morgan fingerprint density at radius 1 is 1.35 bits per heavy atom. The van der Waals surface area contributed by atoms with Crippen molar-refractivity contribution in [1.29, 1.82) is 0 Å². The van der Waals surface area contributed by atoms with Gasteiger partial charge in [0.2, 0.25) is 0 Å². The van der Waals surface area contributed by atoms with Crippen LogP contribution in [0.25, 0.3) is 0 Å². The molecule has 4 heteroatoms. The first-order valence-electron chi connectivity index (χ1n) is 5.66. The predicted molar refractivity (Wildman–Crippen MR) is 72.4 cm³/mol. The molecule has 0 N–H and O–H groups in total. The second-order valence-electron chi connectivity index (χ2n) is 4.21. The van der Waals surface area contributed by atoms with Crippen LogP contribution in [0.1, 0.15) is 22.9 Å². The molecule has 2 rings (SSSR count). The number of hydrogen-bond donors (Lipinski definition) is 0. The smallest absolute Gasteiger partial charge is 0.138 e. The average molecular weight is 294 g/mol. The molecule has 1 unspecified atom stereocenters. The van der Waals surface area contributed by atoms with Gasteiger partial charge in [0.25, 0.3) is 0 Å². The van der Waals surface area contributed by atoms with Gasteiger partial charge in [-0.15, -0.1) is 0 Å². The summed E-state index contributed by atoms with van der Waals surface area (Å²) in [5.74, 6) is 1.47. The Morgan fingerprint density at radius 3 is 2.71 bits per heavy atom. The molecule has 90 valence electrons. The number of benzene rings is 1. The predicted octanol–water partition coefficient (Wildman–Crippen LogP) is 2.84. The third-order valence-corrected chi connectivity index (χ3v) is 3.83. The van der Waals surface area contributed by atoms with E-state index in [9.17, 15) is 0 Å². The molecule has 3 nitrogen and oxygen atoms in total. The zero-order valence-corrected chi connectivity index (χ0v) is 11.7. The lowest BCUT2D eigenvalue weighted by Gasteiger charge is -2.16. The molecular weight excluding hydrogens is 278 g/mol. The summed E-state index contributed by atoms with van der Waals surface area (Å²) in [5, 5.41) is 5.05. The maximum Gasteiger partial charge on any atom is 0.138 e. The van der Waals surface area contributed by atoms with Gasteiger partial charge < -0.3 is 0 Å². The van der Waals surface area contributed by atoms with Crippen LogP contribution >= 0.6 is 15.9 Å². The van der Waals surface area contributed by atoms with Crippen molar-refractivity contribution >= 4 is 15.9 Å². The van der Waals surface area contributed by atoms with Crippen molar-refractivity contribution in [3.8, 4) is 0 Å². The van der Waals surface area contributed by atoms with Gasteiger partial charge in [-0.2, -0.15) is 5.10 Å². The number of aryl methyl sites for hydroxylation is 2. The highest BCUT2D eigenvalue weighted by atomic mass is 79.9. The molecule has 1 aromatic carbocycles.